The van der Waals surface area contributed by atoms with Crippen molar-refractivity contribution in [3.05, 3.63) is 17.6 Å². The second kappa shape index (κ2) is 7.36. The number of hydrogen-bond donors (Lipinski definition) is 0. The fourth-order valence-corrected chi connectivity index (χ4v) is 5.22. The summed E-state index contributed by atoms with van der Waals surface area (Å²) in [5.41, 5.74) is 2.67. The number of aryl methyl sites for hydroxylation is 1. The number of hydrogen-bond acceptors (Lipinski definition) is 6. The van der Waals surface area contributed by atoms with E-state index in [1.165, 1.54) is 62.4 Å². The van der Waals surface area contributed by atoms with Gasteiger partial charge in [0.05, 0.1) is 5.69 Å². The number of fused-ring (bicyclic) bond motifs is 2. The van der Waals surface area contributed by atoms with Crippen molar-refractivity contribution in [3.8, 4) is 0 Å². The fourth-order valence-electron chi connectivity index (χ4n) is 5.22. The molecule has 0 bridgehead atoms. The molecule has 0 radical (unpaired) electrons. The van der Waals surface area contributed by atoms with Gasteiger partial charge < -0.3 is 9.80 Å². The average molecular weight is 370 g/mol. The van der Waals surface area contributed by atoms with E-state index in [4.69, 9.17) is 4.98 Å². The summed E-state index contributed by atoms with van der Waals surface area (Å²) < 4.78 is 1.98. The van der Waals surface area contributed by atoms with Gasteiger partial charge in [-0.25, -0.2) is 4.98 Å². The highest BCUT2D eigenvalue weighted by molar-refractivity contribution is 5.55. The van der Waals surface area contributed by atoms with Crippen molar-refractivity contribution in [3.63, 3.8) is 0 Å². The van der Waals surface area contributed by atoms with Crippen molar-refractivity contribution in [2.24, 2.45) is 5.92 Å². The smallest absolute Gasteiger partial charge is 0.254 e. The molecule has 146 valence electrons. The Morgan fingerprint density at radius 3 is 2.74 bits per heavy atom. The number of nitrogens with zero attached hydrogens (tertiary/aromatic N) is 7. The molecule has 0 unspecified atom stereocenters. The van der Waals surface area contributed by atoms with E-state index in [0.717, 1.165) is 50.7 Å². The number of anilines is 1. The van der Waals surface area contributed by atoms with Crippen LogP contribution in [0, 0.1) is 5.92 Å². The Morgan fingerprint density at radius 2 is 1.89 bits per heavy atom. The monoisotopic (exact) mass is 369 g/mol. The molecule has 2 aromatic heterocycles. The fraction of sp³-hybridized carbons (Fsp3) is 0.750. The average Bonchev–Trinajstić information content (AvgIpc) is 3.15. The van der Waals surface area contributed by atoms with Gasteiger partial charge in [0.15, 0.2) is 0 Å². The van der Waals surface area contributed by atoms with Crippen molar-refractivity contribution in [2.75, 3.05) is 57.8 Å². The number of aromatic nitrogens is 4. The van der Waals surface area contributed by atoms with Gasteiger partial charge in [-0.1, -0.05) is 0 Å². The minimum Gasteiger partial charge on any atom is -0.354 e. The topological polar surface area (TPSA) is 52.8 Å². The molecule has 7 nitrogen and oxygen atoms in total. The summed E-state index contributed by atoms with van der Waals surface area (Å²) in [4.78, 5) is 16.9. The highest BCUT2D eigenvalue weighted by Crippen LogP contribution is 2.30. The van der Waals surface area contributed by atoms with Crippen LogP contribution in [0.2, 0.25) is 0 Å². The quantitative estimate of drug-likeness (QED) is 0.817. The molecule has 0 spiro atoms. The minimum absolute atomic E-state index is 0.762. The lowest BCUT2D eigenvalue weighted by Gasteiger charge is -2.40. The van der Waals surface area contributed by atoms with E-state index in [1.54, 1.807) is 6.33 Å². The van der Waals surface area contributed by atoms with Gasteiger partial charge in [-0.3, -0.25) is 4.90 Å². The van der Waals surface area contributed by atoms with Crippen LogP contribution in [0.15, 0.2) is 6.33 Å². The lowest BCUT2D eigenvalue weighted by atomic mass is 9.95. The van der Waals surface area contributed by atoms with Crippen LogP contribution >= 0.6 is 0 Å². The molecule has 2 aliphatic heterocycles. The Hall–Kier alpha value is -1.73. The van der Waals surface area contributed by atoms with Crippen LogP contribution in [-0.4, -0.2) is 82.2 Å². The maximum Gasteiger partial charge on any atom is 0.254 e. The molecule has 2 fully saturated rings. The van der Waals surface area contributed by atoms with Crippen LogP contribution in [0.5, 0.6) is 0 Å². The third-order valence-electron chi connectivity index (χ3n) is 6.58. The van der Waals surface area contributed by atoms with E-state index >= 15 is 0 Å². The zero-order valence-corrected chi connectivity index (χ0v) is 16.5. The molecular formula is C20H31N7. The summed E-state index contributed by atoms with van der Waals surface area (Å²) in [7, 11) is 2.26. The Labute approximate surface area is 161 Å². The van der Waals surface area contributed by atoms with E-state index in [2.05, 4.69) is 31.8 Å². The molecule has 27 heavy (non-hydrogen) atoms. The van der Waals surface area contributed by atoms with Crippen LogP contribution in [0.25, 0.3) is 5.78 Å². The van der Waals surface area contributed by atoms with Crippen molar-refractivity contribution < 1.29 is 0 Å². The molecule has 0 amide bonds. The number of piperidine rings is 1. The van der Waals surface area contributed by atoms with Crippen LogP contribution in [0.3, 0.4) is 0 Å². The Bertz CT molecular complexity index is 793. The van der Waals surface area contributed by atoms with Crippen LogP contribution in [0.1, 0.15) is 36.9 Å². The Kier molecular flexibility index (Phi) is 4.73. The maximum absolute atomic E-state index is 4.78. The summed E-state index contributed by atoms with van der Waals surface area (Å²) >= 11 is 0. The first kappa shape index (κ1) is 17.4. The molecule has 2 saturated heterocycles. The molecule has 0 saturated carbocycles. The molecule has 0 N–H and O–H groups in total. The van der Waals surface area contributed by atoms with Gasteiger partial charge in [0.1, 0.15) is 12.1 Å². The van der Waals surface area contributed by atoms with Crippen LogP contribution in [-0.2, 0) is 12.8 Å². The minimum atomic E-state index is 0.762. The van der Waals surface area contributed by atoms with Crippen molar-refractivity contribution in [2.45, 2.75) is 38.5 Å². The van der Waals surface area contributed by atoms with E-state index in [1.807, 2.05) is 4.52 Å². The third kappa shape index (κ3) is 3.43. The molecule has 2 aromatic rings. The maximum atomic E-state index is 4.78. The van der Waals surface area contributed by atoms with Crippen molar-refractivity contribution >= 4 is 11.6 Å². The first-order valence-corrected chi connectivity index (χ1v) is 10.7. The molecule has 3 aliphatic rings. The summed E-state index contributed by atoms with van der Waals surface area (Å²) in [5.74, 6) is 2.87. The lowest BCUT2D eigenvalue weighted by Crippen LogP contribution is -2.50. The number of rotatable bonds is 3. The molecule has 0 aromatic carbocycles. The Morgan fingerprint density at radius 1 is 1.04 bits per heavy atom. The number of likely N-dealkylation sites (tertiary alicyclic amines) is 1. The highest BCUT2D eigenvalue weighted by atomic mass is 15.4. The van der Waals surface area contributed by atoms with Crippen LogP contribution < -0.4 is 4.90 Å². The summed E-state index contributed by atoms with van der Waals surface area (Å²) in [5, 5.41) is 4.51. The predicted octanol–water partition coefficient (Wildman–Crippen LogP) is 1.47. The zero-order chi connectivity index (χ0) is 18.2. The molecule has 1 aliphatic carbocycles. The van der Waals surface area contributed by atoms with Gasteiger partial charge in [0.25, 0.3) is 5.78 Å². The lowest BCUT2D eigenvalue weighted by molar-refractivity contribution is 0.147. The predicted molar refractivity (Wildman–Crippen MR) is 106 cm³/mol. The SMILES string of the molecule is CN1CCC[C@@H](CN2CCN(c3c4c(nc5ncnn35)CCCC4)CC2)C1. The third-order valence-corrected chi connectivity index (χ3v) is 6.58. The summed E-state index contributed by atoms with van der Waals surface area (Å²) in [6, 6.07) is 0. The molecule has 4 heterocycles. The first-order chi connectivity index (χ1) is 13.3. The number of piperazine rings is 1. The van der Waals surface area contributed by atoms with Gasteiger partial charge in [-0.05, 0) is 58.0 Å². The second-order valence-corrected chi connectivity index (χ2v) is 8.60. The van der Waals surface area contributed by atoms with Crippen molar-refractivity contribution in [1.29, 1.82) is 0 Å². The van der Waals surface area contributed by atoms with Gasteiger partial charge in [0, 0.05) is 44.8 Å². The first-order valence-electron chi connectivity index (χ1n) is 10.7. The largest absolute Gasteiger partial charge is 0.354 e. The summed E-state index contributed by atoms with van der Waals surface area (Å²) in [6.45, 7) is 8.23. The normalized spacial score (nSPS) is 25.1. The van der Waals surface area contributed by atoms with E-state index in [-0.39, 0.29) is 0 Å². The molecular weight excluding hydrogens is 338 g/mol. The summed E-state index contributed by atoms with van der Waals surface area (Å²) in [6.07, 6.45) is 9.11. The van der Waals surface area contributed by atoms with Gasteiger partial charge in [0.2, 0.25) is 0 Å². The molecule has 5 rings (SSSR count). The van der Waals surface area contributed by atoms with Gasteiger partial charge in [-0.2, -0.15) is 14.6 Å². The van der Waals surface area contributed by atoms with Crippen molar-refractivity contribution in [1.82, 2.24) is 29.4 Å². The highest BCUT2D eigenvalue weighted by Gasteiger charge is 2.27. The molecule has 7 heteroatoms. The van der Waals surface area contributed by atoms with Gasteiger partial charge >= 0.3 is 0 Å². The van der Waals surface area contributed by atoms with E-state index in [9.17, 15) is 0 Å². The Balaban J connectivity index is 1.32. The molecule has 1 atom stereocenters. The van der Waals surface area contributed by atoms with Crippen LogP contribution in [0.4, 0.5) is 5.82 Å². The van der Waals surface area contributed by atoms with E-state index in [0.29, 0.717) is 0 Å². The van der Waals surface area contributed by atoms with Gasteiger partial charge in [-0.15, -0.1) is 0 Å². The standard InChI is InChI=1S/C20H31N7/c1-24-8-4-5-16(13-24)14-25-9-11-26(12-10-25)19-17-6-2-3-7-18(17)23-20-21-15-22-27(19)20/h15-16H,2-14H2,1H3/t16-/m1/s1. The second-order valence-electron chi connectivity index (χ2n) is 8.60. The van der Waals surface area contributed by atoms with E-state index < -0.39 is 0 Å². The zero-order valence-electron chi connectivity index (χ0n) is 16.5.